The maximum Gasteiger partial charge on any atom is 0.256 e. The van der Waals surface area contributed by atoms with Gasteiger partial charge in [-0.25, -0.2) is 0 Å². The van der Waals surface area contributed by atoms with E-state index in [0.717, 1.165) is 15.3 Å². The average molecular weight is 409 g/mol. The van der Waals surface area contributed by atoms with E-state index in [1.54, 1.807) is 37.1 Å². The van der Waals surface area contributed by atoms with Crippen molar-refractivity contribution in [3.63, 3.8) is 0 Å². The van der Waals surface area contributed by atoms with Gasteiger partial charge in [0.25, 0.3) is 5.91 Å². The first kappa shape index (κ1) is 16.9. The topological polar surface area (TPSA) is 46.9 Å². The zero-order valence-electron chi connectivity index (χ0n) is 11.7. The maximum atomic E-state index is 12.1. The van der Waals surface area contributed by atoms with Crippen LogP contribution >= 0.6 is 50.6 Å². The number of rotatable bonds is 6. The predicted octanol–water partition coefficient (Wildman–Crippen LogP) is 3.87. The molecule has 8 heteroatoms. The summed E-state index contributed by atoms with van der Waals surface area (Å²) in [5.41, 5.74) is 1.11. The van der Waals surface area contributed by atoms with Gasteiger partial charge in [0, 0.05) is 30.0 Å². The van der Waals surface area contributed by atoms with E-state index in [2.05, 4.69) is 38.5 Å². The minimum atomic E-state index is -0.162. The molecule has 0 aliphatic carbocycles. The highest BCUT2D eigenvalue weighted by Gasteiger charge is 2.18. The normalized spacial score (nSPS) is 10.9. The minimum absolute atomic E-state index is 0.162. The predicted molar refractivity (Wildman–Crippen MR) is 93.5 cm³/mol. The summed E-state index contributed by atoms with van der Waals surface area (Å²) in [7, 11) is 1.72. The Morgan fingerprint density at radius 3 is 2.90 bits per heavy atom. The number of hydrogen-bond acceptors (Lipinski definition) is 4. The van der Waals surface area contributed by atoms with Gasteiger partial charge in [-0.15, -0.1) is 11.3 Å². The molecule has 0 saturated heterocycles. The van der Waals surface area contributed by atoms with Crippen molar-refractivity contribution in [1.82, 2.24) is 15.1 Å². The monoisotopic (exact) mass is 407 g/mol. The van der Waals surface area contributed by atoms with Gasteiger partial charge in [0.2, 0.25) is 0 Å². The van der Waals surface area contributed by atoms with Crippen molar-refractivity contribution in [3.8, 4) is 0 Å². The van der Waals surface area contributed by atoms with E-state index in [4.69, 9.17) is 11.6 Å². The van der Waals surface area contributed by atoms with Crippen molar-refractivity contribution in [3.05, 3.63) is 37.2 Å². The SMILES string of the molecule is Cc1nn(C)c(Cl)c1C(=O)NCCSCc1ccc(Br)s1. The highest BCUT2D eigenvalue weighted by Crippen LogP contribution is 2.25. The smallest absolute Gasteiger partial charge is 0.256 e. The van der Waals surface area contributed by atoms with Crippen LogP contribution in [0.4, 0.5) is 0 Å². The second-order valence-electron chi connectivity index (χ2n) is 4.39. The molecule has 0 spiro atoms. The lowest BCUT2D eigenvalue weighted by Crippen LogP contribution is -2.26. The molecule has 0 unspecified atom stereocenters. The van der Waals surface area contributed by atoms with Crippen LogP contribution in [0.2, 0.25) is 5.15 Å². The van der Waals surface area contributed by atoms with Crippen LogP contribution in [-0.4, -0.2) is 28.0 Å². The standard InChI is InChI=1S/C13H15BrClN3OS2/c1-8-11(12(15)18(2)17-8)13(19)16-5-6-20-7-9-3-4-10(14)21-9/h3-4H,5-7H2,1-2H3,(H,16,19). The maximum absolute atomic E-state index is 12.1. The van der Waals surface area contributed by atoms with Gasteiger partial charge < -0.3 is 5.32 Å². The van der Waals surface area contributed by atoms with Crippen LogP contribution in [0.25, 0.3) is 0 Å². The molecular formula is C13H15BrClN3OS2. The Labute approximate surface area is 145 Å². The first-order chi connectivity index (χ1) is 9.99. The lowest BCUT2D eigenvalue weighted by molar-refractivity contribution is 0.0955. The molecule has 4 nitrogen and oxygen atoms in total. The lowest BCUT2D eigenvalue weighted by Gasteiger charge is -2.04. The number of halogens is 2. The molecule has 0 aliphatic heterocycles. The Morgan fingerprint density at radius 1 is 1.57 bits per heavy atom. The Morgan fingerprint density at radius 2 is 2.33 bits per heavy atom. The Hall–Kier alpha value is -0.500. The van der Waals surface area contributed by atoms with Crippen LogP contribution in [0.5, 0.6) is 0 Å². The van der Waals surface area contributed by atoms with Crippen molar-refractivity contribution >= 4 is 56.5 Å². The van der Waals surface area contributed by atoms with Crippen LogP contribution in [0.1, 0.15) is 20.9 Å². The molecule has 21 heavy (non-hydrogen) atoms. The Bertz CT molecular complexity index is 641. The van der Waals surface area contributed by atoms with E-state index >= 15 is 0 Å². The molecule has 2 rings (SSSR count). The van der Waals surface area contributed by atoms with Gasteiger partial charge in [0.05, 0.1) is 15.0 Å². The second kappa shape index (κ2) is 7.67. The third kappa shape index (κ3) is 4.48. The fraction of sp³-hybridized carbons (Fsp3) is 0.385. The van der Waals surface area contributed by atoms with E-state index in [9.17, 15) is 4.79 Å². The summed E-state index contributed by atoms with van der Waals surface area (Å²) in [6.07, 6.45) is 0. The van der Waals surface area contributed by atoms with Gasteiger partial charge in [-0.1, -0.05) is 11.6 Å². The Balaban J connectivity index is 1.74. The molecule has 0 fully saturated rings. The van der Waals surface area contributed by atoms with E-state index < -0.39 is 0 Å². The highest BCUT2D eigenvalue weighted by atomic mass is 79.9. The molecule has 0 aromatic carbocycles. The largest absolute Gasteiger partial charge is 0.351 e. The Kier molecular flexibility index (Phi) is 6.16. The first-order valence-corrected chi connectivity index (χ1v) is 9.42. The third-order valence-electron chi connectivity index (χ3n) is 2.78. The number of thioether (sulfide) groups is 1. The zero-order valence-corrected chi connectivity index (χ0v) is 15.6. The van der Waals surface area contributed by atoms with Crippen molar-refractivity contribution in [2.75, 3.05) is 12.3 Å². The summed E-state index contributed by atoms with van der Waals surface area (Å²) in [6, 6.07) is 4.16. The quantitative estimate of drug-likeness (QED) is 0.738. The summed E-state index contributed by atoms with van der Waals surface area (Å²) in [5, 5.41) is 7.39. The number of nitrogens with zero attached hydrogens (tertiary/aromatic N) is 2. The van der Waals surface area contributed by atoms with Crippen LogP contribution in [0.3, 0.4) is 0 Å². The fourth-order valence-corrected chi connectivity index (χ4v) is 4.53. The van der Waals surface area contributed by atoms with Crippen LogP contribution in [0.15, 0.2) is 15.9 Å². The number of carbonyl (C=O) groups is 1. The summed E-state index contributed by atoms with van der Waals surface area (Å²) >= 11 is 13.0. The van der Waals surface area contributed by atoms with E-state index in [1.165, 1.54) is 9.56 Å². The summed E-state index contributed by atoms with van der Waals surface area (Å²) in [6.45, 7) is 2.39. The second-order valence-corrected chi connectivity index (χ2v) is 8.40. The van der Waals surface area contributed by atoms with Crippen LogP contribution in [0, 0.1) is 6.92 Å². The number of nitrogens with one attached hydrogen (secondary N) is 1. The molecule has 1 amide bonds. The fourth-order valence-electron chi connectivity index (χ4n) is 1.82. The van der Waals surface area contributed by atoms with Crippen LogP contribution < -0.4 is 5.32 Å². The summed E-state index contributed by atoms with van der Waals surface area (Å²) < 4.78 is 2.66. The number of amides is 1. The van der Waals surface area contributed by atoms with Crippen LogP contribution in [-0.2, 0) is 12.8 Å². The zero-order chi connectivity index (χ0) is 15.4. The number of aromatic nitrogens is 2. The third-order valence-corrected chi connectivity index (χ3v) is 6.03. The van der Waals surface area contributed by atoms with Gasteiger partial charge in [-0.3, -0.25) is 9.48 Å². The van der Waals surface area contributed by atoms with Crippen molar-refractivity contribution in [2.24, 2.45) is 7.05 Å². The van der Waals surface area contributed by atoms with Gasteiger partial charge in [-0.05, 0) is 35.0 Å². The van der Waals surface area contributed by atoms with Gasteiger partial charge >= 0.3 is 0 Å². The van der Waals surface area contributed by atoms with Gasteiger partial charge in [0.15, 0.2) is 0 Å². The molecule has 0 bridgehead atoms. The molecule has 0 radical (unpaired) electrons. The molecule has 114 valence electrons. The van der Waals surface area contributed by atoms with Crippen molar-refractivity contribution in [2.45, 2.75) is 12.7 Å². The number of thiophene rings is 1. The number of hydrogen-bond donors (Lipinski definition) is 1. The average Bonchev–Trinajstić information content (AvgIpc) is 2.94. The molecule has 1 N–H and O–H groups in total. The molecule has 0 atom stereocenters. The molecule has 0 aliphatic rings. The van der Waals surface area contributed by atoms with Gasteiger partial charge in [-0.2, -0.15) is 16.9 Å². The molecule has 2 heterocycles. The summed E-state index contributed by atoms with van der Waals surface area (Å²) in [5.74, 6) is 1.65. The molecule has 0 saturated carbocycles. The molecule has 2 aromatic rings. The van der Waals surface area contributed by atoms with Gasteiger partial charge in [0.1, 0.15) is 5.15 Å². The highest BCUT2D eigenvalue weighted by molar-refractivity contribution is 9.11. The minimum Gasteiger partial charge on any atom is -0.351 e. The number of aryl methyl sites for hydroxylation is 2. The van der Waals surface area contributed by atoms with Crippen molar-refractivity contribution < 1.29 is 4.79 Å². The lowest BCUT2D eigenvalue weighted by atomic mass is 10.2. The van der Waals surface area contributed by atoms with E-state index in [0.29, 0.717) is 23.0 Å². The van der Waals surface area contributed by atoms with E-state index in [-0.39, 0.29) is 5.91 Å². The first-order valence-electron chi connectivity index (χ1n) is 6.28. The number of carbonyl (C=O) groups excluding carboxylic acids is 1. The van der Waals surface area contributed by atoms with E-state index in [1.807, 2.05) is 0 Å². The molecule has 2 aromatic heterocycles. The molecular weight excluding hydrogens is 394 g/mol. The summed E-state index contributed by atoms with van der Waals surface area (Å²) in [4.78, 5) is 13.4. The van der Waals surface area contributed by atoms with Crippen molar-refractivity contribution in [1.29, 1.82) is 0 Å².